The van der Waals surface area contributed by atoms with Crippen molar-refractivity contribution in [3.8, 4) is 0 Å². The molecular weight excluding hydrogens is 204 g/mol. The fourth-order valence-electron chi connectivity index (χ4n) is 1.91. The van der Waals surface area contributed by atoms with Gasteiger partial charge >= 0.3 is 0 Å². The van der Waals surface area contributed by atoms with Gasteiger partial charge in [0.1, 0.15) is 0 Å². The van der Waals surface area contributed by atoms with E-state index in [9.17, 15) is 9.90 Å². The van der Waals surface area contributed by atoms with Crippen molar-refractivity contribution >= 4 is 5.91 Å². The van der Waals surface area contributed by atoms with Crippen LogP contribution in [-0.4, -0.2) is 47.7 Å². The third-order valence-electron chi connectivity index (χ3n) is 2.93. The molecule has 4 heteroatoms. The molecule has 0 radical (unpaired) electrons. The highest BCUT2D eigenvalue weighted by molar-refractivity contribution is 5.78. The highest BCUT2D eigenvalue weighted by atomic mass is 16.3. The topological polar surface area (TPSA) is 52.6 Å². The van der Waals surface area contributed by atoms with E-state index in [1.807, 2.05) is 18.7 Å². The minimum atomic E-state index is -0.325. The molecule has 1 amide bonds. The van der Waals surface area contributed by atoms with Gasteiger partial charge < -0.3 is 15.3 Å². The van der Waals surface area contributed by atoms with Gasteiger partial charge in [-0.1, -0.05) is 13.3 Å². The predicted molar refractivity (Wildman–Crippen MR) is 64.2 cm³/mol. The van der Waals surface area contributed by atoms with Gasteiger partial charge in [0, 0.05) is 19.1 Å². The summed E-state index contributed by atoms with van der Waals surface area (Å²) in [5.41, 5.74) is 0. The molecule has 1 atom stereocenters. The Labute approximate surface area is 98.0 Å². The number of carbonyl (C=O) groups is 1. The van der Waals surface area contributed by atoms with E-state index in [2.05, 4.69) is 5.32 Å². The number of nitrogens with one attached hydrogen (secondary N) is 1. The number of likely N-dealkylation sites (N-methyl/N-ethyl adjacent to an activating group) is 1. The highest BCUT2D eigenvalue weighted by Gasteiger charge is 2.30. The smallest absolute Gasteiger partial charge is 0.236 e. The van der Waals surface area contributed by atoms with Crippen LogP contribution in [0.1, 0.15) is 39.5 Å². The highest BCUT2D eigenvalue weighted by Crippen LogP contribution is 2.26. The molecule has 4 nitrogen and oxygen atoms in total. The first-order valence-electron chi connectivity index (χ1n) is 6.37. The second-order valence-corrected chi connectivity index (χ2v) is 4.48. The normalized spacial score (nSPS) is 17.2. The Bertz CT molecular complexity index is 217. The minimum Gasteiger partial charge on any atom is -0.392 e. The molecule has 1 fully saturated rings. The molecule has 0 aliphatic heterocycles. The molecule has 0 saturated heterocycles. The minimum absolute atomic E-state index is 0.161. The molecule has 0 heterocycles. The van der Waals surface area contributed by atoms with Crippen molar-refractivity contribution in [2.24, 2.45) is 0 Å². The largest absolute Gasteiger partial charge is 0.392 e. The van der Waals surface area contributed by atoms with E-state index in [4.69, 9.17) is 0 Å². The second kappa shape index (κ2) is 6.86. The van der Waals surface area contributed by atoms with Gasteiger partial charge in [0.15, 0.2) is 0 Å². The van der Waals surface area contributed by atoms with Crippen molar-refractivity contribution in [2.75, 3.05) is 19.6 Å². The van der Waals surface area contributed by atoms with Crippen molar-refractivity contribution in [2.45, 2.75) is 51.7 Å². The summed E-state index contributed by atoms with van der Waals surface area (Å²) >= 11 is 0. The van der Waals surface area contributed by atoms with E-state index in [0.717, 1.165) is 32.2 Å². The number of amides is 1. The third-order valence-corrected chi connectivity index (χ3v) is 2.93. The average Bonchev–Trinajstić information content (AvgIpc) is 3.03. The van der Waals surface area contributed by atoms with Gasteiger partial charge in [0.25, 0.3) is 0 Å². The second-order valence-electron chi connectivity index (χ2n) is 4.48. The van der Waals surface area contributed by atoms with Gasteiger partial charge in [-0.2, -0.15) is 0 Å². The quantitative estimate of drug-likeness (QED) is 0.644. The number of hydrogen-bond acceptors (Lipinski definition) is 3. The SMILES string of the molecule is CCCC(O)CNCC(=O)N(CC)C1CC1. The fourth-order valence-corrected chi connectivity index (χ4v) is 1.91. The maximum Gasteiger partial charge on any atom is 0.236 e. The lowest BCUT2D eigenvalue weighted by atomic mass is 10.2. The Hall–Kier alpha value is -0.610. The van der Waals surface area contributed by atoms with Crippen LogP contribution in [0.3, 0.4) is 0 Å². The fraction of sp³-hybridized carbons (Fsp3) is 0.917. The molecule has 1 saturated carbocycles. The monoisotopic (exact) mass is 228 g/mol. The number of hydrogen-bond donors (Lipinski definition) is 2. The predicted octanol–water partition coefficient (Wildman–Crippen LogP) is 0.748. The van der Waals surface area contributed by atoms with E-state index < -0.39 is 0 Å². The first kappa shape index (κ1) is 13.5. The summed E-state index contributed by atoms with van der Waals surface area (Å²) in [4.78, 5) is 13.7. The zero-order valence-corrected chi connectivity index (χ0v) is 10.4. The van der Waals surface area contributed by atoms with Gasteiger partial charge in [0.2, 0.25) is 5.91 Å². The lowest BCUT2D eigenvalue weighted by molar-refractivity contribution is -0.130. The van der Waals surface area contributed by atoms with Crippen molar-refractivity contribution in [3.63, 3.8) is 0 Å². The van der Waals surface area contributed by atoms with Gasteiger partial charge in [-0.25, -0.2) is 0 Å². The van der Waals surface area contributed by atoms with Crippen molar-refractivity contribution < 1.29 is 9.90 Å². The molecule has 1 rings (SSSR count). The van der Waals surface area contributed by atoms with Crippen LogP contribution < -0.4 is 5.32 Å². The number of aliphatic hydroxyl groups is 1. The lowest BCUT2D eigenvalue weighted by Gasteiger charge is -2.21. The van der Waals surface area contributed by atoms with E-state index >= 15 is 0 Å². The summed E-state index contributed by atoms with van der Waals surface area (Å²) in [6.07, 6.45) is 3.74. The molecule has 1 aliphatic rings. The molecule has 16 heavy (non-hydrogen) atoms. The van der Waals surface area contributed by atoms with E-state index in [1.54, 1.807) is 0 Å². The molecule has 0 aromatic rings. The van der Waals surface area contributed by atoms with Crippen LogP contribution in [-0.2, 0) is 4.79 Å². The maximum atomic E-state index is 11.8. The van der Waals surface area contributed by atoms with E-state index in [1.165, 1.54) is 0 Å². The van der Waals surface area contributed by atoms with Gasteiger partial charge in [0.05, 0.1) is 12.6 Å². The number of carbonyl (C=O) groups excluding carboxylic acids is 1. The number of aliphatic hydroxyl groups excluding tert-OH is 1. The van der Waals surface area contributed by atoms with Crippen LogP contribution in [0.4, 0.5) is 0 Å². The standard InChI is InChI=1S/C12H24N2O2/c1-3-5-11(15)8-13-9-12(16)14(4-2)10-6-7-10/h10-11,13,15H,3-9H2,1-2H3. The summed E-state index contributed by atoms with van der Waals surface area (Å²) in [6, 6.07) is 0.486. The zero-order chi connectivity index (χ0) is 12.0. The summed E-state index contributed by atoms with van der Waals surface area (Å²) < 4.78 is 0. The van der Waals surface area contributed by atoms with Crippen LogP contribution in [0.2, 0.25) is 0 Å². The molecule has 2 N–H and O–H groups in total. The Kier molecular flexibility index (Phi) is 5.77. The zero-order valence-electron chi connectivity index (χ0n) is 10.4. The molecule has 0 spiro atoms. The van der Waals surface area contributed by atoms with Crippen LogP contribution in [0.5, 0.6) is 0 Å². The van der Waals surface area contributed by atoms with Crippen molar-refractivity contribution in [1.82, 2.24) is 10.2 Å². The third kappa shape index (κ3) is 4.49. The van der Waals surface area contributed by atoms with Crippen molar-refractivity contribution in [1.29, 1.82) is 0 Å². The average molecular weight is 228 g/mol. The van der Waals surface area contributed by atoms with E-state index in [0.29, 0.717) is 19.1 Å². The summed E-state index contributed by atoms with van der Waals surface area (Å²) in [7, 11) is 0. The summed E-state index contributed by atoms with van der Waals surface area (Å²) in [6.45, 7) is 5.72. The van der Waals surface area contributed by atoms with Gasteiger partial charge in [-0.3, -0.25) is 4.79 Å². The first-order chi connectivity index (χ1) is 7.69. The van der Waals surface area contributed by atoms with Crippen LogP contribution in [0.25, 0.3) is 0 Å². The van der Waals surface area contributed by atoms with Crippen LogP contribution in [0, 0.1) is 0 Å². The van der Waals surface area contributed by atoms with Gasteiger partial charge in [-0.05, 0) is 26.2 Å². The molecular formula is C12H24N2O2. The number of rotatable bonds is 8. The Morgan fingerprint density at radius 1 is 1.50 bits per heavy atom. The van der Waals surface area contributed by atoms with Crippen molar-refractivity contribution in [3.05, 3.63) is 0 Å². The first-order valence-corrected chi connectivity index (χ1v) is 6.37. The van der Waals surface area contributed by atoms with E-state index in [-0.39, 0.29) is 12.0 Å². The lowest BCUT2D eigenvalue weighted by Crippen LogP contribution is -2.41. The maximum absolute atomic E-state index is 11.8. The molecule has 0 aromatic heterocycles. The molecule has 94 valence electrons. The Morgan fingerprint density at radius 3 is 2.69 bits per heavy atom. The van der Waals surface area contributed by atoms with Gasteiger partial charge in [-0.15, -0.1) is 0 Å². The summed E-state index contributed by atoms with van der Waals surface area (Å²) in [5, 5.41) is 12.5. The number of nitrogens with zero attached hydrogens (tertiary/aromatic N) is 1. The molecule has 1 aliphatic carbocycles. The molecule has 0 aromatic carbocycles. The Morgan fingerprint density at radius 2 is 2.19 bits per heavy atom. The van der Waals surface area contributed by atoms with Crippen LogP contribution in [0.15, 0.2) is 0 Å². The van der Waals surface area contributed by atoms with Crippen LogP contribution >= 0.6 is 0 Å². The summed E-state index contributed by atoms with van der Waals surface area (Å²) in [5.74, 6) is 0.161. The molecule has 0 bridgehead atoms. The molecule has 1 unspecified atom stereocenters. The Balaban J connectivity index is 2.13.